The Morgan fingerprint density at radius 3 is 2.52 bits per heavy atom. The molecule has 0 N–H and O–H groups in total. The first-order valence-electron chi connectivity index (χ1n) is 6.52. The Bertz CT molecular complexity index is 534. The smallest absolute Gasteiger partial charge is 0.416 e. The highest BCUT2D eigenvalue weighted by Crippen LogP contribution is 2.35. The molecule has 2 rings (SSSR count). The first-order valence-corrected chi connectivity index (χ1v) is 7.33. The average molecular weight is 316 g/mol. The number of likely N-dealkylation sites (tertiary alicyclic amines) is 1. The van der Waals surface area contributed by atoms with Crippen molar-refractivity contribution in [1.82, 2.24) is 4.90 Å². The van der Waals surface area contributed by atoms with E-state index in [0.29, 0.717) is 11.8 Å². The summed E-state index contributed by atoms with van der Waals surface area (Å²) in [7, 11) is 2.00. The van der Waals surface area contributed by atoms with Gasteiger partial charge in [-0.3, -0.25) is 0 Å². The summed E-state index contributed by atoms with van der Waals surface area (Å²) < 4.78 is 44.3. The van der Waals surface area contributed by atoms with Crippen LogP contribution in [0.25, 0.3) is 0 Å². The maximum atomic E-state index is 12.9. The van der Waals surface area contributed by atoms with E-state index < -0.39 is 11.7 Å². The van der Waals surface area contributed by atoms with Crippen molar-refractivity contribution in [2.45, 2.75) is 30.0 Å². The Hall–Kier alpha value is -1.39. The highest BCUT2D eigenvalue weighted by molar-refractivity contribution is 8.03. The number of alkyl halides is 3. The Morgan fingerprint density at radius 2 is 1.95 bits per heavy atom. The monoisotopic (exact) mass is 316 g/mol. The number of hydrogen-bond donors (Lipinski definition) is 0. The maximum absolute atomic E-state index is 12.9. The summed E-state index contributed by atoms with van der Waals surface area (Å²) >= 11 is 0.699. The first kappa shape index (κ1) is 16.0. The van der Waals surface area contributed by atoms with Crippen LogP contribution in [0.1, 0.15) is 18.4 Å². The number of piperidine rings is 1. The molecular formula is C14H15F3N2OS. The summed E-state index contributed by atoms with van der Waals surface area (Å²) in [4.78, 5) is 2.40. The quantitative estimate of drug-likeness (QED) is 0.628. The third kappa shape index (κ3) is 4.55. The normalized spacial score (nSPS) is 17.5. The van der Waals surface area contributed by atoms with E-state index in [0.717, 1.165) is 38.1 Å². The summed E-state index contributed by atoms with van der Waals surface area (Å²) in [6.45, 7) is 1.73. The van der Waals surface area contributed by atoms with E-state index in [9.17, 15) is 13.2 Å². The fourth-order valence-corrected chi connectivity index (χ4v) is 2.68. The van der Waals surface area contributed by atoms with Crippen molar-refractivity contribution in [2.75, 3.05) is 20.1 Å². The maximum Gasteiger partial charge on any atom is 0.416 e. The molecule has 114 valence electrons. The van der Waals surface area contributed by atoms with Crippen LogP contribution in [0.4, 0.5) is 13.2 Å². The highest BCUT2D eigenvalue weighted by Gasteiger charge is 2.32. The van der Waals surface area contributed by atoms with Gasteiger partial charge in [0.25, 0.3) is 0 Å². The zero-order chi connectivity index (χ0) is 15.5. The van der Waals surface area contributed by atoms with Crippen molar-refractivity contribution in [3.05, 3.63) is 23.8 Å². The molecule has 0 bridgehead atoms. The van der Waals surface area contributed by atoms with E-state index in [-0.39, 0.29) is 16.7 Å². The SMILES string of the molecule is CN1CCC(Oc2cc(SC#N)cc(C(F)(F)F)c2)CC1. The lowest BCUT2D eigenvalue weighted by atomic mass is 10.1. The van der Waals surface area contributed by atoms with Crippen LogP contribution in [-0.2, 0) is 6.18 Å². The molecule has 1 saturated heterocycles. The Morgan fingerprint density at radius 1 is 1.29 bits per heavy atom. The molecule has 0 saturated carbocycles. The number of nitriles is 1. The second kappa shape index (κ2) is 6.58. The predicted octanol–water partition coefficient (Wildman–Crippen LogP) is 3.75. The van der Waals surface area contributed by atoms with Gasteiger partial charge in [-0.15, -0.1) is 0 Å². The molecule has 1 fully saturated rings. The molecule has 0 amide bonds. The molecule has 7 heteroatoms. The van der Waals surface area contributed by atoms with E-state index in [1.54, 1.807) is 5.40 Å². The van der Waals surface area contributed by atoms with E-state index in [1.807, 2.05) is 7.05 Å². The molecule has 1 aromatic rings. The van der Waals surface area contributed by atoms with Crippen molar-refractivity contribution in [3.8, 4) is 11.2 Å². The van der Waals surface area contributed by atoms with E-state index in [1.165, 1.54) is 6.07 Å². The zero-order valence-corrected chi connectivity index (χ0v) is 12.3. The van der Waals surface area contributed by atoms with Gasteiger partial charge in [-0.25, -0.2) is 0 Å². The molecule has 1 aliphatic rings. The molecule has 3 nitrogen and oxygen atoms in total. The second-order valence-corrected chi connectivity index (χ2v) is 5.86. The van der Waals surface area contributed by atoms with Gasteiger partial charge in [0.05, 0.1) is 5.56 Å². The lowest BCUT2D eigenvalue weighted by Gasteiger charge is -2.29. The molecule has 0 aliphatic carbocycles. The number of hydrogen-bond acceptors (Lipinski definition) is 4. The topological polar surface area (TPSA) is 36.3 Å². The number of thiocyanates is 1. The van der Waals surface area contributed by atoms with Crippen molar-refractivity contribution in [2.24, 2.45) is 0 Å². The van der Waals surface area contributed by atoms with Crippen molar-refractivity contribution < 1.29 is 17.9 Å². The standard InChI is InChI=1S/C14H15F3N2OS/c1-19-4-2-11(3-5-19)20-12-6-10(14(15,16)17)7-13(8-12)21-9-18/h6-8,11H,2-5H2,1H3. The molecule has 21 heavy (non-hydrogen) atoms. The van der Waals surface area contributed by atoms with Gasteiger partial charge in [-0.05, 0) is 49.9 Å². The number of thioether (sulfide) groups is 1. The Balaban J connectivity index is 2.18. The van der Waals surface area contributed by atoms with Crippen molar-refractivity contribution >= 4 is 11.8 Å². The minimum atomic E-state index is -4.45. The fourth-order valence-electron chi connectivity index (χ4n) is 2.21. The molecule has 0 atom stereocenters. The predicted molar refractivity (Wildman–Crippen MR) is 74.1 cm³/mol. The first-order chi connectivity index (χ1) is 9.88. The number of ether oxygens (including phenoxy) is 1. The van der Waals surface area contributed by atoms with Crippen LogP contribution in [0.3, 0.4) is 0 Å². The summed E-state index contributed by atoms with van der Waals surface area (Å²) in [5, 5.41) is 10.4. The number of nitrogens with zero attached hydrogens (tertiary/aromatic N) is 2. The molecule has 1 aliphatic heterocycles. The van der Waals surface area contributed by atoms with E-state index in [4.69, 9.17) is 10.00 Å². The molecule has 0 radical (unpaired) electrons. The van der Waals surface area contributed by atoms with Gasteiger partial charge in [0.2, 0.25) is 0 Å². The van der Waals surface area contributed by atoms with Crippen molar-refractivity contribution in [1.29, 1.82) is 5.26 Å². The van der Waals surface area contributed by atoms with Gasteiger partial charge in [0, 0.05) is 18.0 Å². The largest absolute Gasteiger partial charge is 0.490 e. The van der Waals surface area contributed by atoms with Gasteiger partial charge < -0.3 is 9.64 Å². The molecule has 0 spiro atoms. The van der Waals surface area contributed by atoms with Crippen LogP contribution in [0, 0.1) is 10.7 Å². The van der Waals surface area contributed by atoms with Crippen LogP contribution in [-0.4, -0.2) is 31.1 Å². The molecule has 1 heterocycles. The summed E-state index contributed by atoms with van der Waals surface area (Å²) in [5.41, 5.74) is -0.786. The third-order valence-corrected chi connectivity index (χ3v) is 3.90. The lowest BCUT2D eigenvalue weighted by molar-refractivity contribution is -0.137. The summed E-state index contributed by atoms with van der Waals surface area (Å²) in [6, 6.07) is 3.45. The minimum Gasteiger partial charge on any atom is -0.490 e. The fraction of sp³-hybridized carbons (Fsp3) is 0.500. The summed E-state index contributed by atoms with van der Waals surface area (Å²) in [6.07, 6.45) is -2.96. The number of benzene rings is 1. The van der Waals surface area contributed by atoms with Gasteiger partial charge in [0.1, 0.15) is 17.3 Å². The molecule has 1 aromatic carbocycles. The molecular weight excluding hydrogens is 301 g/mol. The highest BCUT2D eigenvalue weighted by atomic mass is 32.2. The van der Waals surface area contributed by atoms with E-state index >= 15 is 0 Å². The average Bonchev–Trinajstić information content (AvgIpc) is 2.41. The molecule has 0 unspecified atom stereocenters. The van der Waals surface area contributed by atoms with E-state index in [2.05, 4.69) is 4.90 Å². The minimum absolute atomic E-state index is 0.0791. The third-order valence-electron chi connectivity index (χ3n) is 3.34. The van der Waals surface area contributed by atoms with Crippen LogP contribution in [0.2, 0.25) is 0 Å². The van der Waals surface area contributed by atoms with Gasteiger partial charge >= 0.3 is 6.18 Å². The molecule has 0 aromatic heterocycles. The van der Waals surface area contributed by atoms with Crippen LogP contribution >= 0.6 is 11.8 Å². The number of halogens is 3. The Kier molecular flexibility index (Phi) is 5.01. The Labute approximate surface area is 125 Å². The van der Waals surface area contributed by atoms with Crippen LogP contribution in [0.5, 0.6) is 5.75 Å². The van der Waals surface area contributed by atoms with Gasteiger partial charge in [-0.2, -0.15) is 18.4 Å². The van der Waals surface area contributed by atoms with Gasteiger partial charge in [-0.1, -0.05) is 0 Å². The van der Waals surface area contributed by atoms with Crippen molar-refractivity contribution in [3.63, 3.8) is 0 Å². The number of rotatable bonds is 3. The van der Waals surface area contributed by atoms with Gasteiger partial charge in [0.15, 0.2) is 0 Å². The van der Waals surface area contributed by atoms with Crippen LogP contribution in [0.15, 0.2) is 23.1 Å². The van der Waals surface area contributed by atoms with Crippen LogP contribution < -0.4 is 4.74 Å². The zero-order valence-electron chi connectivity index (χ0n) is 11.5. The lowest BCUT2D eigenvalue weighted by Crippen LogP contribution is -2.35. The second-order valence-electron chi connectivity index (χ2n) is 5.00. The summed E-state index contributed by atoms with van der Waals surface area (Å²) in [5.74, 6) is 0.178.